The van der Waals surface area contributed by atoms with Crippen molar-refractivity contribution in [2.24, 2.45) is 0 Å². The normalized spacial score (nSPS) is 12.1. The molecule has 0 aliphatic heterocycles. The summed E-state index contributed by atoms with van der Waals surface area (Å²) < 4.78 is 50.0. The Morgan fingerprint density at radius 2 is 1.75 bits per heavy atom. The number of alkyl halides is 3. The fourth-order valence-corrected chi connectivity index (χ4v) is 2.54. The third kappa shape index (κ3) is 3.26. The highest BCUT2D eigenvalue weighted by atomic mass is 79.9. The van der Waals surface area contributed by atoms with Gasteiger partial charge in [0, 0.05) is 5.92 Å². The van der Waals surface area contributed by atoms with E-state index in [4.69, 9.17) is 9.15 Å². The minimum absolute atomic E-state index is 0.100. The number of rotatable bonds is 3. The van der Waals surface area contributed by atoms with Crippen LogP contribution in [0.2, 0.25) is 0 Å². The molecule has 3 aromatic rings. The Kier molecular flexibility index (Phi) is 4.29. The fourth-order valence-electron chi connectivity index (χ4n) is 2.14. The number of nitrogens with zero attached hydrogens (tertiary/aromatic N) is 1. The van der Waals surface area contributed by atoms with Gasteiger partial charge in [-0.25, -0.2) is 4.98 Å². The van der Waals surface area contributed by atoms with Crippen molar-refractivity contribution in [1.82, 2.24) is 4.98 Å². The first-order chi connectivity index (χ1) is 11.3. The van der Waals surface area contributed by atoms with Crippen molar-refractivity contribution in [3.05, 3.63) is 52.3 Å². The molecule has 0 radical (unpaired) electrons. The molecule has 0 aliphatic carbocycles. The zero-order valence-electron chi connectivity index (χ0n) is 12.8. The Hall–Kier alpha value is -2.02. The van der Waals surface area contributed by atoms with Crippen LogP contribution in [0.1, 0.15) is 31.2 Å². The van der Waals surface area contributed by atoms with Crippen molar-refractivity contribution in [3.8, 4) is 11.5 Å². The second-order valence-electron chi connectivity index (χ2n) is 5.55. The molecule has 24 heavy (non-hydrogen) atoms. The SMILES string of the molecule is CC(C)c1nc2c(Oc3ccc(C(F)(F)F)cc3)ccc(Br)c2o1. The predicted molar refractivity (Wildman–Crippen MR) is 87.3 cm³/mol. The molecule has 1 aromatic heterocycles. The van der Waals surface area contributed by atoms with Gasteiger partial charge in [-0.1, -0.05) is 13.8 Å². The number of fused-ring (bicyclic) bond motifs is 1. The summed E-state index contributed by atoms with van der Waals surface area (Å²) in [6, 6.07) is 7.95. The molecular weight excluding hydrogens is 387 g/mol. The first-order valence-corrected chi connectivity index (χ1v) is 7.99. The zero-order chi connectivity index (χ0) is 17.5. The number of hydrogen-bond donors (Lipinski definition) is 0. The van der Waals surface area contributed by atoms with Gasteiger partial charge < -0.3 is 9.15 Å². The van der Waals surface area contributed by atoms with Crippen LogP contribution >= 0.6 is 15.9 Å². The van der Waals surface area contributed by atoms with Gasteiger partial charge in [-0.3, -0.25) is 0 Å². The molecular formula is C17H13BrF3NO2. The maximum absolute atomic E-state index is 12.6. The van der Waals surface area contributed by atoms with Crippen molar-refractivity contribution in [2.75, 3.05) is 0 Å². The first kappa shape index (κ1) is 16.8. The number of oxazole rings is 1. The van der Waals surface area contributed by atoms with Gasteiger partial charge in [0.2, 0.25) is 0 Å². The summed E-state index contributed by atoms with van der Waals surface area (Å²) in [4.78, 5) is 4.42. The Labute approximate surface area is 144 Å². The van der Waals surface area contributed by atoms with Crippen LogP contribution in [0, 0.1) is 0 Å². The van der Waals surface area contributed by atoms with Gasteiger partial charge in [0.05, 0.1) is 10.0 Å². The molecule has 126 valence electrons. The second kappa shape index (κ2) is 6.12. The fraction of sp³-hybridized carbons (Fsp3) is 0.235. The number of benzene rings is 2. The van der Waals surface area contributed by atoms with E-state index >= 15 is 0 Å². The van der Waals surface area contributed by atoms with Crippen LogP contribution < -0.4 is 4.74 Å². The van der Waals surface area contributed by atoms with E-state index in [1.165, 1.54) is 12.1 Å². The average Bonchev–Trinajstić information content (AvgIpc) is 2.96. The van der Waals surface area contributed by atoms with Crippen LogP contribution in [0.5, 0.6) is 11.5 Å². The van der Waals surface area contributed by atoms with Gasteiger partial charge >= 0.3 is 6.18 Å². The lowest BCUT2D eigenvalue weighted by atomic mass is 10.2. The number of halogens is 4. The smallest absolute Gasteiger partial charge is 0.416 e. The van der Waals surface area contributed by atoms with Crippen LogP contribution in [0.3, 0.4) is 0 Å². The molecule has 0 atom stereocenters. The topological polar surface area (TPSA) is 35.3 Å². The number of aromatic nitrogens is 1. The van der Waals surface area contributed by atoms with E-state index in [0.717, 1.165) is 16.6 Å². The van der Waals surface area contributed by atoms with E-state index in [0.29, 0.717) is 28.5 Å². The molecule has 0 fully saturated rings. The van der Waals surface area contributed by atoms with Gasteiger partial charge in [0.15, 0.2) is 22.7 Å². The standard InChI is InChI=1S/C17H13BrF3NO2/c1-9(2)16-22-14-13(8-7-12(18)15(14)24-16)23-11-5-3-10(4-6-11)17(19,20)21/h3-9H,1-2H3. The van der Waals surface area contributed by atoms with Crippen molar-refractivity contribution < 1.29 is 22.3 Å². The van der Waals surface area contributed by atoms with E-state index in [2.05, 4.69) is 20.9 Å². The lowest BCUT2D eigenvalue weighted by molar-refractivity contribution is -0.137. The Balaban J connectivity index is 1.97. The monoisotopic (exact) mass is 399 g/mol. The largest absolute Gasteiger partial charge is 0.455 e. The molecule has 0 saturated carbocycles. The maximum atomic E-state index is 12.6. The average molecular weight is 400 g/mol. The molecule has 0 bridgehead atoms. The predicted octanol–water partition coefficient (Wildman–Crippen LogP) is 6.52. The van der Waals surface area contributed by atoms with Gasteiger partial charge in [0.1, 0.15) is 5.75 Å². The lowest BCUT2D eigenvalue weighted by Crippen LogP contribution is -2.04. The molecule has 1 heterocycles. The first-order valence-electron chi connectivity index (χ1n) is 7.20. The molecule has 7 heteroatoms. The van der Waals surface area contributed by atoms with E-state index < -0.39 is 11.7 Å². The lowest BCUT2D eigenvalue weighted by Gasteiger charge is -2.09. The van der Waals surface area contributed by atoms with Crippen LogP contribution in [0.15, 0.2) is 45.3 Å². The molecule has 0 unspecified atom stereocenters. The highest BCUT2D eigenvalue weighted by molar-refractivity contribution is 9.10. The molecule has 3 rings (SSSR count). The summed E-state index contributed by atoms with van der Waals surface area (Å²) in [5.74, 6) is 1.38. The van der Waals surface area contributed by atoms with Crippen molar-refractivity contribution in [2.45, 2.75) is 25.9 Å². The zero-order valence-corrected chi connectivity index (χ0v) is 14.4. The van der Waals surface area contributed by atoms with Gasteiger partial charge in [0.25, 0.3) is 0 Å². The molecule has 0 spiro atoms. The molecule has 0 amide bonds. The van der Waals surface area contributed by atoms with E-state index in [9.17, 15) is 13.2 Å². The van der Waals surface area contributed by atoms with E-state index in [-0.39, 0.29) is 5.92 Å². The highest BCUT2D eigenvalue weighted by Crippen LogP contribution is 2.37. The number of ether oxygens (including phenoxy) is 1. The summed E-state index contributed by atoms with van der Waals surface area (Å²) in [5.41, 5.74) is 0.343. The summed E-state index contributed by atoms with van der Waals surface area (Å²) in [7, 11) is 0. The molecule has 0 N–H and O–H groups in total. The molecule has 2 aromatic carbocycles. The number of hydrogen-bond acceptors (Lipinski definition) is 3. The summed E-state index contributed by atoms with van der Waals surface area (Å²) >= 11 is 3.40. The Morgan fingerprint density at radius 1 is 1.08 bits per heavy atom. The van der Waals surface area contributed by atoms with Crippen LogP contribution in [0.25, 0.3) is 11.1 Å². The van der Waals surface area contributed by atoms with E-state index in [1.807, 2.05) is 13.8 Å². The van der Waals surface area contributed by atoms with Gasteiger partial charge in [-0.15, -0.1) is 0 Å². The molecule has 0 saturated heterocycles. The van der Waals surface area contributed by atoms with Crippen LogP contribution in [0.4, 0.5) is 13.2 Å². The van der Waals surface area contributed by atoms with Crippen molar-refractivity contribution in [3.63, 3.8) is 0 Å². The van der Waals surface area contributed by atoms with Crippen molar-refractivity contribution >= 4 is 27.0 Å². The summed E-state index contributed by atoms with van der Waals surface area (Å²) in [5, 5.41) is 0. The van der Waals surface area contributed by atoms with Gasteiger partial charge in [-0.2, -0.15) is 13.2 Å². The van der Waals surface area contributed by atoms with E-state index in [1.54, 1.807) is 12.1 Å². The quantitative estimate of drug-likeness (QED) is 0.502. The minimum atomic E-state index is -4.37. The maximum Gasteiger partial charge on any atom is 0.416 e. The van der Waals surface area contributed by atoms with Crippen LogP contribution in [-0.4, -0.2) is 4.98 Å². The third-order valence-corrected chi connectivity index (χ3v) is 4.00. The van der Waals surface area contributed by atoms with Crippen molar-refractivity contribution in [1.29, 1.82) is 0 Å². The third-order valence-electron chi connectivity index (χ3n) is 3.38. The summed E-state index contributed by atoms with van der Waals surface area (Å²) in [6.07, 6.45) is -4.37. The minimum Gasteiger partial charge on any atom is -0.455 e. The molecule has 3 nitrogen and oxygen atoms in total. The Morgan fingerprint density at radius 3 is 2.33 bits per heavy atom. The van der Waals surface area contributed by atoms with Gasteiger partial charge in [-0.05, 0) is 52.3 Å². The highest BCUT2D eigenvalue weighted by Gasteiger charge is 2.30. The molecule has 0 aliphatic rings. The Bertz CT molecular complexity index is 870. The van der Waals surface area contributed by atoms with Crippen LogP contribution in [-0.2, 0) is 6.18 Å². The second-order valence-corrected chi connectivity index (χ2v) is 6.41. The summed E-state index contributed by atoms with van der Waals surface area (Å²) in [6.45, 7) is 3.91.